The molecule has 0 bridgehead atoms. The number of aryl methyl sites for hydroxylation is 1. The number of carboxylic acid groups (broad SMARTS) is 1. The number of carbonyl (C=O) groups is 2. The van der Waals surface area contributed by atoms with Crippen LogP contribution in [0.2, 0.25) is 0 Å². The van der Waals surface area contributed by atoms with Gasteiger partial charge in [-0.1, -0.05) is 0 Å². The van der Waals surface area contributed by atoms with Crippen LogP contribution < -0.4 is 0 Å². The van der Waals surface area contributed by atoms with Crippen molar-refractivity contribution in [2.45, 2.75) is 26.3 Å². The standard InChI is InChI=1S/C11H15N3O3/c1-6-9(5-12-13-6)10(15)14-4-3-8(7(14)2)11(16)17/h5,7-8H,3-4H2,1-2H3,(H,12,13)(H,16,17). The normalized spacial score (nSPS) is 24.0. The zero-order chi connectivity index (χ0) is 12.6. The van der Waals surface area contributed by atoms with Crippen molar-refractivity contribution in [3.8, 4) is 0 Å². The van der Waals surface area contributed by atoms with Crippen LogP contribution >= 0.6 is 0 Å². The number of likely N-dealkylation sites (tertiary alicyclic amines) is 1. The summed E-state index contributed by atoms with van der Waals surface area (Å²) < 4.78 is 0. The van der Waals surface area contributed by atoms with E-state index in [9.17, 15) is 9.59 Å². The molecule has 2 rings (SSSR count). The molecule has 6 heteroatoms. The number of carbonyl (C=O) groups excluding carboxylic acids is 1. The Balaban J connectivity index is 2.18. The van der Waals surface area contributed by atoms with Crippen LogP contribution in [0.1, 0.15) is 29.4 Å². The monoisotopic (exact) mass is 237 g/mol. The number of aromatic amines is 1. The van der Waals surface area contributed by atoms with Gasteiger partial charge in [0.05, 0.1) is 17.7 Å². The Morgan fingerprint density at radius 1 is 1.59 bits per heavy atom. The highest BCUT2D eigenvalue weighted by atomic mass is 16.4. The summed E-state index contributed by atoms with van der Waals surface area (Å²) in [6.07, 6.45) is 2.00. The van der Waals surface area contributed by atoms with Crippen molar-refractivity contribution in [2.75, 3.05) is 6.54 Å². The number of hydrogen-bond acceptors (Lipinski definition) is 3. The number of aromatic nitrogens is 2. The van der Waals surface area contributed by atoms with Gasteiger partial charge in [-0.15, -0.1) is 0 Å². The van der Waals surface area contributed by atoms with E-state index in [4.69, 9.17) is 5.11 Å². The highest BCUT2D eigenvalue weighted by Crippen LogP contribution is 2.26. The molecule has 1 fully saturated rings. The maximum Gasteiger partial charge on any atom is 0.308 e. The predicted octanol–water partition coefficient (Wildman–Crippen LogP) is 0.653. The molecule has 0 aliphatic carbocycles. The second-order valence-corrected chi connectivity index (χ2v) is 4.38. The number of nitrogens with one attached hydrogen (secondary N) is 1. The lowest BCUT2D eigenvalue weighted by atomic mass is 10.0. The molecule has 1 amide bonds. The SMILES string of the molecule is Cc1[nH]ncc1C(=O)N1CCC(C(=O)O)C1C. The fourth-order valence-corrected chi connectivity index (χ4v) is 2.28. The van der Waals surface area contributed by atoms with Crippen molar-refractivity contribution >= 4 is 11.9 Å². The molecule has 0 spiro atoms. The van der Waals surface area contributed by atoms with Crippen LogP contribution in [-0.4, -0.2) is 44.7 Å². The third-order valence-corrected chi connectivity index (χ3v) is 3.39. The first-order valence-electron chi connectivity index (χ1n) is 5.56. The Morgan fingerprint density at radius 2 is 2.29 bits per heavy atom. The number of carboxylic acids is 1. The number of nitrogens with zero attached hydrogens (tertiary/aromatic N) is 2. The number of hydrogen-bond donors (Lipinski definition) is 2. The maximum absolute atomic E-state index is 12.2. The second kappa shape index (κ2) is 4.20. The minimum atomic E-state index is -0.836. The lowest BCUT2D eigenvalue weighted by Gasteiger charge is -2.22. The Labute approximate surface area is 98.6 Å². The smallest absolute Gasteiger partial charge is 0.308 e. The summed E-state index contributed by atoms with van der Waals surface area (Å²) in [4.78, 5) is 24.8. The molecular formula is C11H15N3O3. The molecule has 17 heavy (non-hydrogen) atoms. The fourth-order valence-electron chi connectivity index (χ4n) is 2.28. The molecule has 2 atom stereocenters. The summed E-state index contributed by atoms with van der Waals surface area (Å²) in [5.74, 6) is -1.45. The molecule has 92 valence electrons. The van der Waals surface area contributed by atoms with Crippen molar-refractivity contribution in [3.63, 3.8) is 0 Å². The van der Waals surface area contributed by atoms with Gasteiger partial charge in [0.15, 0.2) is 0 Å². The van der Waals surface area contributed by atoms with E-state index in [1.54, 1.807) is 18.7 Å². The van der Waals surface area contributed by atoms with Crippen LogP contribution in [0.4, 0.5) is 0 Å². The number of rotatable bonds is 2. The van der Waals surface area contributed by atoms with Gasteiger partial charge in [-0.2, -0.15) is 5.10 Å². The first-order chi connectivity index (χ1) is 8.02. The molecule has 2 heterocycles. The third kappa shape index (κ3) is 1.90. The van der Waals surface area contributed by atoms with Gasteiger partial charge in [-0.3, -0.25) is 14.7 Å². The Morgan fingerprint density at radius 3 is 2.76 bits per heavy atom. The van der Waals surface area contributed by atoms with Gasteiger partial charge < -0.3 is 10.0 Å². The lowest BCUT2D eigenvalue weighted by Crippen LogP contribution is -2.37. The van der Waals surface area contributed by atoms with E-state index in [1.165, 1.54) is 6.20 Å². The van der Waals surface area contributed by atoms with E-state index in [-0.39, 0.29) is 11.9 Å². The molecule has 1 saturated heterocycles. The van der Waals surface area contributed by atoms with Crippen LogP contribution in [0.5, 0.6) is 0 Å². The summed E-state index contributed by atoms with van der Waals surface area (Å²) in [6, 6.07) is -0.269. The van der Waals surface area contributed by atoms with Gasteiger partial charge in [0, 0.05) is 18.3 Å². The Kier molecular flexibility index (Phi) is 2.87. The third-order valence-electron chi connectivity index (χ3n) is 3.39. The molecule has 6 nitrogen and oxygen atoms in total. The van der Waals surface area contributed by atoms with Crippen LogP contribution in [0.25, 0.3) is 0 Å². The van der Waals surface area contributed by atoms with Crippen molar-refractivity contribution in [1.29, 1.82) is 0 Å². The highest BCUT2D eigenvalue weighted by Gasteiger charge is 2.38. The van der Waals surface area contributed by atoms with E-state index in [0.29, 0.717) is 24.2 Å². The largest absolute Gasteiger partial charge is 0.481 e. The van der Waals surface area contributed by atoms with E-state index in [2.05, 4.69) is 10.2 Å². The topological polar surface area (TPSA) is 86.3 Å². The van der Waals surface area contributed by atoms with E-state index >= 15 is 0 Å². The molecule has 2 N–H and O–H groups in total. The predicted molar refractivity (Wildman–Crippen MR) is 59.6 cm³/mol. The summed E-state index contributed by atoms with van der Waals surface area (Å²) in [7, 11) is 0. The van der Waals surface area contributed by atoms with Crippen molar-refractivity contribution in [1.82, 2.24) is 15.1 Å². The van der Waals surface area contributed by atoms with Crippen LogP contribution in [0.15, 0.2) is 6.20 Å². The van der Waals surface area contributed by atoms with E-state index < -0.39 is 11.9 Å². The Bertz CT molecular complexity index is 455. The minimum absolute atomic E-state index is 0.146. The summed E-state index contributed by atoms with van der Waals surface area (Å²) >= 11 is 0. The van der Waals surface area contributed by atoms with Crippen molar-refractivity contribution in [2.24, 2.45) is 5.92 Å². The molecule has 2 unspecified atom stereocenters. The van der Waals surface area contributed by atoms with Gasteiger partial charge in [0.25, 0.3) is 5.91 Å². The summed E-state index contributed by atoms with van der Waals surface area (Å²) in [5.41, 5.74) is 1.23. The molecule has 1 aliphatic rings. The van der Waals surface area contributed by atoms with Gasteiger partial charge in [0.1, 0.15) is 0 Å². The molecule has 1 aliphatic heterocycles. The zero-order valence-corrected chi connectivity index (χ0v) is 9.80. The average molecular weight is 237 g/mol. The quantitative estimate of drug-likeness (QED) is 0.790. The summed E-state index contributed by atoms with van der Waals surface area (Å²) in [6.45, 7) is 4.04. The first kappa shape index (κ1) is 11.6. The summed E-state index contributed by atoms with van der Waals surface area (Å²) in [5, 5.41) is 15.5. The molecule has 0 radical (unpaired) electrons. The molecule has 1 aromatic rings. The van der Waals surface area contributed by atoms with Gasteiger partial charge >= 0.3 is 5.97 Å². The first-order valence-corrected chi connectivity index (χ1v) is 5.56. The Hall–Kier alpha value is -1.85. The van der Waals surface area contributed by atoms with Crippen molar-refractivity contribution < 1.29 is 14.7 Å². The van der Waals surface area contributed by atoms with Gasteiger partial charge in [-0.05, 0) is 20.3 Å². The minimum Gasteiger partial charge on any atom is -0.481 e. The fraction of sp³-hybridized carbons (Fsp3) is 0.545. The second-order valence-electron chi connectivity index (χ2n) is 4.38. The van der Waals surface area contributed by atoms with Crippen LogP contribution in [0.3, 0.4) is 0 Å². The zero-order valence-electron chi connectivity index (χ0n) is 9.80. The van der Waals surface area contributed by atoms with E-state index in [1.807, 2.05) is 0 Å². The lowest BCUT2D eigenvalue weighted by molar-refractivity contribution is -0.142. The maximum atomic E-state index is 12.2. The van der Waals surface area contributed by atoms with Crippen LogP contribution in [-0.2, 0) is 4.79 Å². The average Bonchev–Trinajstić information content (AvgIpc) is 2.83. The molecule has 1 aromatic heterocycles. The van der Waals surface area contributed by atoms with Gasteiger partial charge in [-0.25, -0.2) is 0 Å². The van der Waals surface area contributed by atoms with E-state index in [0.717, 1.165) is 0 Å². The van der Waals surface area contributed by atoms with Crippen molar-refractivity contribution in [3.05, 3.63) is 17.5 Å². The van der Waals surface area contributed by atoms with Crippen LogP contribution in [0, 0.1) is 12.8 Å². The highest BCUT2D eigenvalue weighted by molar-refractivity contribution is 5.95. The molecule has 0 saturated carbocycles. The van der Waals surface area contributed by atoms with Gasteiger partial charge in [0.2, 0.25) is 0 Å². The number of H-pyrrole nitrogens is 1. The number of aliphatic carboxylic acids is 1. The molecule has 0 aromatic carbocycles. The molecular weight excluding hydrogens is 222 g/mol. The number of amides is 1.